The number of hydrogen-bond donors (Lipinski definition) is 2. The summed E-state index contributed by atoms with van der Waals surface area (Å²) in [5.74, 6) is -8.55. The van der Waals surface area contributed by atoms with Crippen molar-refractivity contribution in [2.24, 2.45) is 0 Å². The fraction of sp³-hybridized carbons (Fsp3) is 0.500. The van der Waals surface area contributed by atoms with Crippen LogP contribution in [0.5, 0.6) is 0 Å². The second-order valence-electron chi connectivity index (χ2n) is 3.65. The van der Waals surface area contributed by atoms with Crippen LogP contribution in [0.1, 0.15) is 27.9 Å². The highest BCUT2D eigenvalue weighted by Gasteiger charge is 2.65. The number of nitrogens with one attached hydrogen (secondary N) is 1. The minimum atomic E-state index is -6.48. The molecule has 1 aromatic rings. The van der Waals surface area contributed by atoms with Gasteiger partial charge in [0.15, 0.2) is 5.69 Å². The Balaban J connectivity index is 3.49. The normalized spacial score (nSPS) is 15.1. The topological polar surface area (TPSA) is 66.0 Å². The van der Waals surface area contributed by atoms with Crippen LogP contribution < -0.4 is 0 Å². The van der Waals surface area contributed by atoms with Crippen LogP contribution in [-0.4, -0.2) is 33.4 Å². The smallest absolute Gasteiger partial charge is 0.456 e. The summed E-state index contributed by atoms with van der Waals surface area (Å²) in [7, 11) is 0. The highest BCUT2D eigenvalue weighted by atomic mass is 19.4. The van der Waals surface area contributed by atoms with Gasteiger partial charge >= 0.3 is 24.2 Å². The number of H-pyrrole nitrogens is 1. The van der Waals surface area contributed by atoms with Gasteiger partial charge in [0.05, 0.1) is 5.69 Å². The Morgan fingerprint density at radius 3 is 1.90 bits per heavy atom. The highest BCUT2D eigenvalue weighted by molar-refractivity contribution is 5.87. The summed E-state index contributed by atoms with van der Waals surface area (Å²) in [6.07, 6.45) is -16.7. The Morgan fingerprint density at radius 2 is 1.57 bits per heavy atom. The molecule has 0 saturated carbocycles. The first-order valence-electron chi connectivity index (χ1n) is 4.68. The van der Waals surface area contributed by atoms with Gasteiger partial charge in [-0.1, -0.05) is 0 Å². The Morgan fingerprint density at radius 1 is 1.10 bits per heavy atom. The molecule has 1 aromatic heterocycles. The third-order valence-corrected chi connectivity index (χ3v) is 2.23. The van der Waals surface area contributed by atoms with Crippen LogP contribution in [-0.2, 0) is 6.18 Å². The summed E-state index contributed by atoms with van der Waals surface area (Å²) in [5, 5.41) is 11.7. The van der Waals surface area contributed by atoms with Crippen LogP contribution in [0, 0.1) is 0 Å². The lowest BCUT2D eigenvalue weighted by atomic mass is 10.0. The van der Waals surface area contributed by atoms with Crippen molar-refractivity contribution in [1.29, 1.82) is 0 Å². The molecule has 0 radical (unpaired) electrons. The van der Waals surface area contributed by atoms with E-state index >= 15 is 0 Å². The maximum Gasteiger partial charge on any atom is 0.456 e. The number of aromatic nitrogens is 2. The van der Waals surface area contributed by atoms with Crippen molar-refractivity contribution in [3.63, 3.8) is 0 Å². The van der Waals surface area contributed by atoms with Gasteiger partial charge in [0.2, 0.25) is 6.17 Å². The molecule has 21 heavy (non-hydrogen) atoms. The van der Waals surface area contributed by atoms with Crippen LogP contribution in [0.3, 0.4) is 0 Å². The van der Waals surface area contributed by atoms with E-state index in [2.05, 4.69) is 5.10 Å². The lowest BCUT2D eigenvalue weighted by molar-refractivity contribution is -0.305. The summed E-state index contributed by atoms with van der Waals surface area (Å²) < 4.78 is 112. The number of aromatic carboxylic acids is 1. The molecule has 0 bridgehead atoms. The molecule has 0 aliphatic carbocycles. The van der Waals surface area contributed by atoms with E-state index in [0.717, 1.165) is 5.10 Å². The summed E-state index contributed by atoms with van der Waals surface area (Å²) in [4.78, 5) is 10.4. The first kappa shape index (κ1) is 17.1. The number of halogens is 9. The lowest BCUT2D eigenvalue weighted by Gasteiger charge is -2.23. The molecule has 4 nitrogen and oxygen atoms in total. The third kappa shape index (κ3) is 2.90. The molecular formula is C8H3F9N2O2. The van der Waals surface area contributed by atoms with E-state index in [4.69, 9.17) is 5.11 Å². The molecule has 120 valence electrons. The summed E-state index contributed by atoms with van der Waals surface area (Å²) in [5.41, 5.74) is -6.77. The van der Waals surface area contributed by atoms with Crippen molar-refractivity contribution in [1.82, 2.24) is 10.2 Å². The molecule has 0 aromatic carbocycles. The van der Waals surface area contributed by atoms with Crippen molar-refractivity contribution in [2.75, 3.05) is 0 Å². The highest BCUT2D eigenvalue weighted by Crippen LogP contribution is 2.49. The Labute approximate surface area is 108 Å². The number of rotatable bonds is 3. The van der Waals surface area contributed by atoms with Crippen molar-refractivity contribution in [3.8, 4) is 0 Å². The monoisotopic (exact) mass is 330 g/mol. The van der Waals surface area contributed by atoms with Gasteiger partial charge in [-0.05, 0) is 0 Å². The minimum Gasteiger partial charge on any atom is -0.476 e. The molecule has 0 spiro atoms. The third-order valence-electron chi connectivity index (χ3n) is 2.23. The molecule has 0 aliphatic rings. The fourth-order valence-corrected chi connectivity index (χ4v) is 1.31. The van der Waals surface area contributed by atoms with E-state index in [1.54, 1.807) is 0 Å². The summed E-state index contributed by atoms with van der Waals surface area (Å²) in [6.45, 7) is 0. The molecule has 0 amide bonds. The number of alkyl halides is 9. The fourth-order valence-electron chi connectivity index (χ4n) is 1.31. The Bertz CT molecular complexity index is 545. The van der Waals surface area contributed by atoms with Gasteiger partial charge < -0.3 is 5.11 Å². The van der Waals surface area contributed by atoms with Gasteiger partial charge in [-0.15, -0.1) is 0 Å². The first-order chi connectivity index (χ1) is 9.21. The molecule has 2 N–H and O–H groups in total. The van der Waals surface area contributed by atoms with E-state index in [9.17, 15) is 44.3 Å². The van der Waals surface area contributed by atoms with Crippen molar-refractivity contribution >= 4 is 5.97 Å². The summed E-state index contributed by atoms with van der Waals surface area (Å²) >= 11 is 0. The van der Waals surface area contributed by atoms with Crippen molar-refractivity contribution in [2.45, 2.75) is 24.4 Å². The van der Waals surface area contributed by atoms with Crippen LogP contribution in [0.2, 0.25) is 0 Å². The van der Waals surface area contributed by atoms with Crippen molar-refractivity contribution in [3.05, 3.63) is 17.0 Å². The zero-order chi connectivity index (χ0) is 16.8. The average Bonchev–Trinajstić information content (AvgIpc) is 2.70. The van der Waals surface area contributed by atoms with E-state index in [1.807, 2.05) is 0 Å². The number of hydrogen-bond acceptors (Lipinski definition) is 2. The molecule has 1 rings (SSSR count). The van der Waals surface area contributed by atoms with Gasteiger partial charge in [-0.3, -0.25) is 5.10 Å². The number of nitrogens with zero attached hydrogens (tertiary/aromatic N) is 1. The van der Waals surface area contributed by atoms with E-state index < -0.39 is 47.4 Å². The SMILES string of the molecule is O=C(O)c1n[nH]c(C(F)C(F)(F)C(F)(F)F)c1C(F)(F)F. The predicted octanol–water partition coefficient (Wildman–Crippen LogP) is 3.33. The largest absolute Gasteiger partial charge is 0.476 e. The Hall–Kier alpha value is -1.95. The molecular weight excluding hydrogens is 327 g/mol. The lowest BCUT2D eigenvalue weighted by Crippen LogP contribution is -2.41. The van der Waals surface area contributed by atoms with Crippen LogP contribution in [0.25, 0.3) is 0 Å². The minimum absolute atomic E-state index is 0.934. The number of carboxylic acids is 1. The second kappa shape index (κ2) is 4.80. The molecule has 1 heterocycles. The zero-order valence-electron chi connectivity index (χ0n) is 9.28. The van der Waals surface area contributed by atoms with E-state index in [0.29, 0.717) is 0 Å². The zero-order valence-corrected chi connectivity index (χ0v) is 9.28. The van der Waals surface area contributed by atoms with Crippen LogP contribution in [0.4, 0.5) is 39.5 Å². The van der Waals surface area contributed by atoms with Crippen LogP contribution >= 0.6 is 0 Å². The molecule has 0 aliphatic heterocycles. The van der Waals surface area contributed by atoms with Gasteiger partial charge in [0, 0.05) is 0 Å². The number of carbonyl (C=O) groups is 1. The maximum absolute atomic E-state index is 13.2. The maximum atomic E-state index is 13.2. The molecule has 1 atom stereocenters. The number of aromatic amines is 1. The van der Waals surface area contributed by atoms with E-state index in [-0.39, 0.29) is 0 Å². The standard InChI is InChI=1S/C8H3F9N2O2/c9-4(6(10,11)8(15,16)17)2-1(7(12,13)14)3(5(20)21)19-18-2/h4H,(H,18,19)(H,20,21). The van der Waals surface area contributed by atoms with Crippen LogP contribution in [0.15, 0.2) is 0 Å². The van der Waals surface area contributed by atoms with Gasteiger partial charge in [0.1, 0.15) is 5.56 Å². The molecule has 13 heteroatoms. The van der Waals surface area contributed by atoms with E-state index in [1.165, 1.54) is 0 Å². The van der Waals surface area contributed by atoms with Gasteiger partial charge in [0.25, 0.3) is 0 Å². The van der Waals surface area contributed by atoms with Crippen molar-refractivity contribution < 1.29 is 49.4 Å². The average molecular weight is 330 g/mol. The molecule has 1 unspecified atom stereocenters. The predicted molar refractivity (Wildman–Crippen MR) is 45.4 cm³/mol. The first-order valence-corrected chi connectivity index (χ1v) is 4.68. The van der Waals surface area contributed by atoms with Gasteiger partial charge in [-0.2, -0.15) is 40.2 Å². The number of carboxylic acid groups (broad SMARTS) is 1. The molecule has 0 fully saturated rings. The Kier molecular flexibility index (Phi) is 3.91. The summed E-state index contributed by atoms with van der Waals surface area (Å²) in [6, 6.07) is 0. The second-order valence-corrected chi connectivity index (χ2v) is 3.65. The molecule has 0 saturated heterocycles. The van der Waals surface area contributed by atoms with Gasteiger partial charge in [-0.25, -0.2) is 9.18 Å². The quantitative estimate of drug-likeness (QED) is 0.836.